The fraction of sp³-hybridized carbons (Fsp3) is 0.909. The fourth-order valence-electron chi connectivity index (χ4n) is 2.39. The summed E-state index contributed by atoms with van der Waals surface area (Å²) in [5.41, 5.74) is 0. The third-order valence-electron chi connectivity index (χ3n) is 3.60. The van der Waals surface area contributed by atoms with Gasteiger partial charge in [-0.1, -0.05) is 0 Å². The van der Waals surface area contributed by atoms with Crippen molar-refractivity contribution < 1.29 is 0 Å². The van der Waals surface area contributed by atoms with Crippen LogP contribution < -0.4 is 0 Å². The summed E-state index contributed by atoms with van der Waals surface area (Å²) in [6.45, 7) is 11.1. The fourth-order valence-corrected chi connectivity index (χ4v) is 2.39. The number of hydrogen-bond donors (Lipinski definition) is 0. The third-order valence-corrected chi connectivity index (χ3v) is 3.60. The van der Waals surface area contributed by atoms with Crippen LogP contribution in [0.1, 0.15) is 13.8 Å². The highest BCUT2D eigenvalue weighted by molar-refractivity contribution is 4.95. The highest BCUT2D eigenvalue weighted by atomic mass is 15.3. The van der Waals surface area contributed by atoms with Crippen molar-refractivity contribution >= 4 is 0 Å². The Morgan fingerprint density at radius 3 is 2.20 bits per heavy atom. The van der Waals surface area contributed by atoms with Crippen LogP contribution in [0.25, 0.3) is 0 Å². The number of rotatable bonds is 2. The molecule has 0 amide bonds. The average Bonchev–Trinajstić information content (AvgIpc) is 2.17. The molecule has 2 aliphatic rings. The maximum atomic E-state index is 8.67. The second-order valence-electron chi connectivity index (χ2n) is 4.82. The van der Waals surface area contributed by atoms with Gasteiger partial charge in [0.1, 0.15) is 0 Å². The second-order valence-corrected chi connectivity index (χ2v) is 4.82. The number of nitrogens with zero attached hydrogens (tertiary/aromatic N) is 4. The summed E-state index contributed by atoms with van der Waals surface area (Å²) in [5, 5.41) is 8.67. The Hall–Kier alpha value is -0.790. The molecule has 0 unspecified atom stereocenters. The summed E-state index contributed by atoms with van der Waals surface area (Å²) in [6.07, 6.45) is 2.19. The normalized spacial score (nSPS) is 25.3. The standard InChI is InChI=1S/C11H20N4/c1-10(2)14-3-5-15(6-4-14)11-7-13(8-11)9-12/h10-11H,3-8H2,1-2H3. The first kappa shape index (κ1) is 10.7. The molecule has 15 heavy (non-hydrogen) atoms. The Kier molecular flexibility index (Phi) is 3.13. The van der Waals surface area contributed by atoms with Crippen LogP contribution in [-0.2, 0) is 0 Å². The van der Waals surface area contributed by atoms with E-state index in [9.17, 15) is 0 Å². The first-order valence-corrected chi connectivity index (χ1v) is 5.83. The van der Waals surface area contributed by atoms with Crippen LogP contribution in [0.15, 0.2) is 0 Å². The van der Waals surface area contributed by atoms with Crippen LogP contribution in [0, 0.1) is 11.5 Å². The van der Waals surface area contributed by atoms with Gasteiger partial charge in [-0.15, -0.1) is 0 Å². The van der Waals surface area contributed by atoms with E-state index in [1.807, 2.05) is 4.90 Å². The van der Waals surface area contributed by atoms with Gasteiger partial charge >= 0.3 is 0 Å². The maximum Gasteiger partial charge on any atom is 0.179 e. The van der Waals surface area contributed by atoms with Crippen molar-refractivity contribution in [1.82, 2.24) is 14.7 Å². The molecule has 2 rings (SSSR count). The quantitative estimate of drug-likeness (QED) is 0.606. The average molecular weight is 208 g/mol. The first-order chi connectivity index (χ1) is 7.20. The minimum Gasteiger partial charge on any atom is -0.307 e. The lowest BCUT2D eigenvalue weighted by molar-refractivity contribution is 0.0225. The molecule has 2 aliphatic heterocycles. The molecule has 0 aliphatic carbocycles. The van der Waals surface area contributed by atoms with Gasteiger partial charge < -0.3 is 4.90 Å². The molecule has 0 radical (unpaired) electrons. The van der Waals surface area contributed by atoms with Crippen molar-refractivity contribution in [1.29, 1.82) is 5.26 Å². The van der Waals surface area contributed by atoms with Crippen molar-refractivity contribution in [3.05, 3.63) is 0 Å². The molecule has 0 spiro atoms. The topological polar surface area (TPSA) is 33.5 Å². The maximum absolute atomic E-state index is 8.67. The van der Waals surface area contributed by atoms with Crippen LogP contribution in [0.5, 0.6) is 0 Å². The summed E-state index contributed by atoms with van der Waals surface area (Å²) in [5.74, 6) is 0. The van der Waals surface area contributed by atoms with Gasteiger partial charge in [-0.2, -0.15) is 5.26 Å². The lowest BCUT2D eigenvalue weighted by atomic mass is 10.1. The summed E-state index contributed by atoms with van der Waals surface area (Å²) in [6, 6.07) is 1.31. The molecule has 0 aromatic carbocycles. The van der Waals surface area contributed by atoms with E-state index in [1.165, 1.54) is 26.2 Å². The number of piperazine rings is 1. The Bertz CT molecular complexity index is 244. The molecule has 4 nitrogen and oxygen atoms in total. The van der Waals surface area contributed by atoms with E-state index in [4.69, 9.17) is 5.26 Å². The van der Waals surface area contributed by atoms with E-state index in [0.29, 0.717) is 12.1 Å². The van der Waals surface area contributed by atoms with Crippen LogP contribution in [0.4, 0.5) is 0 Å². The minimum absolute atomic E-state index is 0.638. The van der Waals surface area contributed by atoms with E-state index < -0.39 is 0 Å². The summed E-state index contributed by atoms with van der Waals surface area (Å²) >= 11 is 0. The highest BCUT2D eigenvalue weighted by Gasteiger charge is 2.33. The number of likely N-dealkylation sites (tertiary alicyclic amines) is 1. The zero-order chi connectivity index (χ0) is 10.8. The van der Waals surface area contributed by atoms with E-state index in [1.54, 1.807) is 0 Å². The second kappa shape index (κ2) is 4.38. The van der Waals surface area contributed by atoms with Crippen molar-refractivity contribution in [3.63, 3.8) is 0 Å². The predicted octanol–water partition coefficient (Wildman–Crippen LogP) is 0.178. The van der Waals surface area contributed by atoms with Gasteiger partial charge in [-0.3, -0.25) is 9.80 Å². The van der Waals surface area contributed by atoms with E-state index >= 15 is 0 Å². The van der Waals surface area contributed by atoms with Crippen molar-refractivity contribution in [3.8, 4) is 6.19 Å². The minimum atomic E-state index is 0.638. The molecular formula is C11H20N4. The molecule has 0 N–H and O–H groups in total. The first-order valence-electron chi connectivity index (χ1n) is 5.83. The van der Waals surface area contributed by atoms with Crippen molar-refractivity contribution in [2.75, 3.05) is 39.3 Å². The lowest BCUT2D eigenvalue weighted by Crippen LogP contribution is -2.62. The Morgan fingerprint density at radius 2 is 1.73 bits per heavy atom. The molecule has 0 aromatic heterocycles. The SMILES string of the molecule is CC(C)N1CCN(C2CN(C#N)C2)CC1. The molecule has 0 aromatic rings. The van der Waals surface area contributed by atoms with E-state index in [0.717, 1.165) is 13.1 Å². The van der Waals surface area contributed by atoms with Crippen LogP contribution >= 0.6 is 0 Å². The van der Waals surface area contributed by atoms with E-state index in [2.05, 4.69) is 29.8 Å². The highest BCUT2D eigenvalue weighted by Crippen LogP contribution is 2.16. The molecule has 0 atom stereocenters. The molecule has 2 fully saturated rings. The number of hydrogen-bond acceptors (Lipinski definition) is 4. The lowest BCUT2D eigenvalue weighted by Gasteiger charge is -2.46. The molecule has 4 heteroatoms. The van der Waals surface area contributed by atoms with Gasteiger partial charge in [0.2, 0.25) is 0 Å². The summed E-state index contributed by atoms with van der Waals surface area (Å²) < 4.78 is 0. The third kappa shape index (κ3) is 2.24. The van der Waals surface area contributed by atoms with Gasteiger partial charge in [-0.25, -0.2) is 0 Å². The van der Waals surface area contributed by atoms with Crippen LogP contribution in [-0.4, -0.2) is 66.1 Å². The smallest absolute Gasteiger partial charge is 0.179 e. The molecule has 2 heterocycles. The Balaban J connectivity index is 1.73. The zero-order valence-electron chi connectivity index (χ0n) is 9.69. The molecule has 2 saturated heterocycles. The molecule has 0 saturated carbocycles. The van der Waals surface area contributed by atoms with Gasteiger partial charge in [0, 0.05) is 51.4 Å². The van der Waals surface area contributed by atoms with Crippen molar-refractivity contribution in [2.45, 2.75) is 25.9 Å². The van der Waals surface area contributed by atoms with Gasteiger partial charge in [-0.05, 0) is 13.8 Å². The zero-order valence-corrected chi connectivity index (χ0v) is 9.69. The van der Waals surface area contributed by atoms with E-state index in [-0.39, 0.29) is 0 Å². The Labute approximate surface area is 92.0 Å². The summed E-state index contributed by atoms with van der Waals surface area (Å²) in [4.78, 5) is 6.89. The largest absolute Gasteiger partial charge is 0.307 e. The van der Waals surface area contributed by atoms with Crippen LogP contribution in [0.3, 0.4) is 0 Å². The monoisotopic (exact) mass is 208 g/mol. The number of nitriles is 1. The van der Waals surface area contributed by atoms with Gasteiger partial charge in [0.25, 0.3) is 0 Å². The molecule has 84 valence electrons. The predicted molar refractivity (Wildman–Crippen MR) is 59.3 cm³/mol. The van der Waals surface area contributed by atoms with Crippen molar-refractivity contribution in [2.24, 2.45) is 0 Å². The Morgan fingerprint density at radius 1 is 1.13 bits per heavy atom. The van der Waals surface area contributed by atoms with Gasteiger partial charge in [0.15, 0.2) is 6.19 Å². The van der Waals surface area contributed by atoms with Gasteiger partial charge in [0.05, 0.1) is 0 Å². The molecular weight excluding hydrogens is 188 g/mol. The molecule has 0 bridgehead atoms. The summed E-state index contributed by atoms with van der Waals surface area (Å²) in [7, 11) is 0. The van der Waals surface area contributed by atoms with Crippen LogP contribution in [0.2, 0.25) is 0 Å².